The third kappa shape index (κ3) is 5.80. The summed E-state index contributed by atoms with van der Waals surface area (Å²) < 4.78 is 6.10. The first-order valence-corrected chi connectivity index (χ1v) is 21.0. The molecule has 0 radical (unpaired) electrons. The van der Waals surface area contributed by atoms with Gasteiger partial charge in [0.15, 0.2) is 5.82 Å². The summed E-state index contributed by atoms with van der Waals surface area (Å²) >= 11 is 0. The lowest BCUT2D eigenvalue weighted by molar-refractivity contribution is 0.669. The van der Waals surface area contributed by atoms with Gasteiger partial charge in [-0.05, 0) is 80.9 Å². The second-order valence-corrected chi connectivity index (χ2v) is 16.0. The average Bonchev–Trinajstić information content (AvgIpc) is 3.88. The fraction of sp³-hybridized carbons (Fsp3) is 0.0172. The lowest BCUT2D eigenvalue weighted by Crippen LogP contribution is -2.28. The minimum absolute atomic E-state index is 0.509. The van der Waals surface area contributed by atoms with Gasteiger partial charge in [-0.25, -0.2) is 9.97 Å². The summed E-state index contributed by atoms with van der Waals surface area (Å²) in [5.41, 5.74) is 17.7. The van der Waals surface area contributed by atoms with Crippen LogP contribution in [0, 0.1) is 0 Å². The van der Waals surface area contributed by atoms with Crippen molar-refractivity contribution in [2.24, 2.45) is 0 Å². The Labute approximate surface area is 359 Å². The van der Waals surface area contributed by atoms with Crippen molar-refractivity contribution in [3.63, 3.8) is 0 Å². The quantitative estimate of drug-likeness (QED) is 0.161. The minimum atomic E-state index is -0.509. The van der Waals surface area contributed by atoms with E-state index < -0.39 is 5.41 Å². The summed E-state index contributed by atoms with van der Waals surface area (Å²) in [4.78, 5) is 15.2. The highest BCUT2D eigenvalue weighted by Crippen LogP contribution is 2.56. The van der Waals surface area contributed by atoms with Crippen LogP contribution < -0.4 is 0 Å². The Hall–Kier alpha value is -8.21. The number of rotatable bonds is 7. The number of furan rings is 1. The highest BCUT2D eigenvalue weighted by Gasteiger charge is 2.46. The second-order valence-electron chi connectivity index (χ2n) is 16.0. The number of hydrogen-bond donors (Lipinski definition) is 0. The van der Waals surface area contributed by atoms with Gasteiger partial charge in [-0.1, -0.05) is 176 Å². The molecule has 0 bridgehead atoms. The predicted molar refractivity (Wildman–Crippen MR) is 252 cm³/mol. The molecule has 0 amide bonds. The van der Waals surface area contributed by atoms with E-state index in [1.165, 1.54) is 33.4 Å². The third-order valence-electron chi connectivity index (χ3n) is 12.5. The van der Waals surface area contributed by atoms with Crippen LogP contribution >= 0.6 is 0 Å². The molecule has 0 saturated heterocycles. The minimum Gasteiger partial charge on any atom is -0.456 e. The number of pyridine rings is 1. The summed E-state index contributed by atoms with van der Waals surface area (Å²) in [5.74, 6) is 0.683. The van der Waals surface area contributed by atoms with Gasteiger partial charge in [0, 0.05) is 51.0 Å². The Kier molecular flexibility index (Phi) is 8.36. The lowest BCUT2D eigenvalue weighted by atomic mass is 9.67. The molecule has 0 unspecified atom stereocenters. The highest BCUT2D eigenvalue weighted by atomic mass is 16.3. The van der Waals surface area contributed by atoms with Crippen molar-refractivity contribution in [1.29, 1.82) is 0 Å². The molecule has 0 atom stereocenters. The van der Waals surface area contributed by atoms with Crippen molar-refractivity contribution >= 4 is 21.9 Å². The number of nitrogens with zero attached hydrogens (tertiary/aromatic N) is 3. The van der Waals surface area contributed by atoms with E-state index in [0.717, 1.165) is 72.3 Å². The second kappa shape index (κ2) is 14.5. The van der Waals surface area contributed by atoms with Crippen molar-refractivity contribution in [2.75, 3.05) is 0 Å². The Morgan fingerprint density at radius 1 is 0.339 bits per heavy atom. The van der Waals surface area contributed by atoms with E-state index in [1.54, 1.807) is 0 Å². The zero-order valence-electron chi connectivity index (χ0n) is 33.6. The first-order chi connectivity index (χ1) is 30.7. The van der Waals surface area contributed by atoms with Crippen LogP contribution in [0.4, 0.5) is 0 Å². The van der Waals surface area contributed by atoms with E-state index in [1.807, 2.05) is 42.7 Å². The van der Waals surface area contributed by atoms with E-state index in [4.69, 9.17) is 14.4 Å². The molecule has 4 heteroatoms. The molecule has 62 heavy (non-hydrogen) atoms. The van der Waals surface area contributed by atoms with Crippen LogP contribution in [-0.4, -0.2) is 15.0 Å². The molecule has 11 aromatic rings. The number of hydrogen-bond acceptors (Lipinski definition) is 4. The Balaban J connectivity index is 0.957. The molecule has 290 valence electrons. The summed E-state index contributed by atoms with van der Waals surface area (Å²) in [5, 5.41) is 2.21. The van der Waals surface area contributed by atoms with E-state index >= 15 is 0 Å². The van der Waals surface area contributed by atoms with Crippen LogP contribution in [0.1, 0.15) is 22.3 Å². The van der Waals surface area contributed by atoms with Crippen molar-refractivity contribution in [3.05, 3.63) is 247 Å². The van der Waals surface area contributed by atoms with Gasteiger partial charge in [-0.15, -0.1) is 0 Å². The van der Waals surface area contributed by atoms with Gasteiger partial charge in [-0.2, -0.15) is 0 Å². The molecule has 3 heterocycles. The molecule has 1 aliphatic rings. The normalized spacial score (nSPS) is 12.6. The molecule has 1 aliphatic carbocycles. The monoisotopic (exact) mass is 791 g/mol. The van der Waals surface area contributed by atoms with E-state index in [0.29, 0.717) is 5.82 Å². The zero-order chi connectivity index (χ0) is 41.0. The lowest BCUT2D eigenvalue weighted by Gasteiger charge is -2.34. The SMILES string of the molecule is c1ccc(-c2nc(-c3ccc(-c4cncc(-c5ccc6oc7ccccc7c6c5)c4)cc3)cc(-c3ccc4c(c3)C(c3ccccc3)(c3ccccc3)c3ccccc3-4)n2)cc1. The van der Waals surface area contributed by atoms with Crippen LogP contribution in [0.15, 0.2) is 229 Å². The molecule has 0 spiro atoms. The van der Waals surface area contributed by atoms with Crippen LogP contribution in [0.3, 0.4) is 0 Å². The number of aromatic nitrogens is 3. The fourth-order valence-corrected chi connectivity index (χ4v) is 9.56. The molecule has 0 N–H and O–H groups in total. The molecule has 3 aromatic heterocycles. The molecular weight excluding hydrogens is 755 g/mol. The van der Waals surface area contributed by atoms with Gasteiger partial charge >= 0.3 is 0 Å². The summed E-state index contributed by atoms with van der Waals surface area (Å²) in [7, 11) is 0. The summed E-state index contributed by atoms with van der Waals surface area (Å²) in [6.45, 7) is 0. The molecular formula is C58H37N3O. The molecule has 0 fully saturated rings. The van der Waals surface area contributed by atoms with E-state index in [9.17, 15) is 0 Å². The van der Waals surface area contributed by atoms with Crippen LogP contribution in [0.25, 0.3) is 89.2 Å². The van der Waals surface area contributed by atoms with Crippen molar-refractivity contribution in [2.45, 2.75) is 5.41 Å². The predicted octanol–water partition coefficient (Wildman–Crippen LogP) is 14.5. The highest BCUT2D eigenvalue weighted by molar-refractivity contribution is 6.06. The number of benzene rings is 8. The summed E-state index contributed by atoms with van der Waals surface area (Å²) in [6.07, 6.45) is 3.86. The van der Waals surface area contributed by atoms with Crippen LogP contribution in [0.2, 0.25) is 0 Å². The Morgan fingerprint density at radius 3 is 1.66 bits per heavy atom. The Morgan fingerprint density at radius 2 is 0.903 bits per heavy atom. The van der Waals surface area contributed by atoms with Gasteiger partial charge < -0.3 is 4.42 Å². The van der Waals surface area contributed by atoms with E-state index in [-0.39, 0.29) is 0 Å². The first kappa shape index (κ1) is 35.7. The van der Waals surface area contributed by atoms with Crippen LogP contribution in [0.5, 0.6) is 0 Å². The topological polar surface area (TPSA) is 51.8 Å². The molecule has 12 rings (SSSR count). The number of para-hydroxylation sites is 1. The largest absolute Gasteiger partial charge is 0.456 e. The third-order valence-corrected chi connectivity index (χ3v) is 12.5. The van der Waals surface area contributed by atoms with E-state index in [2.05, 4.69) is 187 Å². The first-order valence-electron chi connectivity index (χ1n) is 21.0. The zero-order valence-corrected chi connectivity index (χ0v) is 33.6. The Bertz CT molecular complexity index is 3410. The molecule has 0 aliphatic heterocycles. The maximum atomic E-state index is 6.10. The molecule has 4 nitrogen and oxygen atoms in total. The van der Waals surface area contributed by atoms with Crippen molar-refractivity contribution in [1.82, 2.24) is 15.0 Å². The maximum absolute atomic E-state index is 6.10. The molecule has 0 saturated carbocycles. The molecule has 8 aromatic carbocycles. The van der Waals surface area contributed by atoms with Gasteiger partial charge in [0.1, 0.15) is 11.2 Å². The number of fused-ring (bicyclic) bond motifs is 6. The average molecular weight is 792 g/mol. The van der Waals surface area contributed by atoms with Gasteiger partial charge in [0.2, 0.25) is 0 Å². The maximum Gasteiger partial charge on any atom is 0.160 e. The van der Waals surface area contributed by atoms with Crippen LogP contribution in [-0.2, 0) is 5.41 Å². The fourth-order valence-electron chi connectivity index (χ4n) is 9.56. The van der Waals surface area contributed by atoms with Gasteiger partial charge in [-0.3, -0.25) is 4.98 Å². The van der Waals surface area contributed by atoms with Gasteiger partial charge in [0.25, 0.3) is 0 Å². The smallest absolute Gasteiger partial charge is 0.160 e. The van der Waals surface area contributed by atoms with Crippen molar-refractivity contribution in [3.8, 4) is 67.3 Å². The summed E-state index contributed by atoms with van der Waals surface area (Å²) in [6, 6.07) is 75.3. The van der Waals surface area contributed by atoms with Gasteiger partial charge in [0.05, 0.1) is 16.8 Å². The van der Waals surface area contributed by atoms with Crippen molar-refractivity contribution < 1.29 is 4.42 Å². The standard InChI is InChI=1S/C58H37N3O/c1-4-14-40(15-5-1)57-60-53(39-26-24-38(25-27-39)43-32-44(37-59-36-43)41-29-31-56-50(33-41)49-21-11-13-23-55(49)62-56)35-54(61-57)42-28-30-48-47-20-10-12-22-51(47)58(52(48)34-42,45-16-6-2-7-17-45)46-18-8-3-9-19-46/h1-37H.